The SMILES string of the molecule is CCOC1CC(NC(=O)N(CC(N)=O)CC(=O)O)C1. The molecule has 0 unspecified atom stereocenters. The number of carbonyl (C=O) groups is 3. The van der Waals surface area contributed by atoms with Gasteiger partial charge in [-0.15, -0.1) is 0 Å². The number of nitrogens with two attached hydrogens (primary N) is 1. The average molecular weight is 273 g/mol. The zero-order valence-corrected chi connectivity index (χ0v) is 10.8. The maximum atomic E-state index is 11.8. The number of amides is 3. The first-order valence-electron chi connectivity index (χ1n) is 6.09. The molecule has 1 saturated carbocycles. The van der Waals surface area contributed by atoms with Gasteiger partial charge in [-0.3, -0.25) is 9.59 Å². The van der Waals surface area contributed by atoms with Gasteiger partial charge in [-0.05, 0) is 19.8 Å². The van der Waals surface area contributed by atoms with E-state index in [-0.39, 0.29) is 12.1 Å². The lowest BCUT2D eigenvalue weighted by molar-refractivity contribution is -0.137. The van der Waals surface area contributed by atoms with Crippen molar-refractivity contribution in [3.05, 3.63) is 0 Å². The summed E-state index contributed by atoms with van der Waals surface area (Å²) in [7, 11) is 0. The van der Waals surface area contributed by atoms with Gasteiger partial charge >= 0.3 is 12.0 Å². The molecule has 0 aliphatic heterocycles. The molecule has 0 bridgehead atoms. The van der Waals surface area contributed by atoms with Crippen molar-refractivity contribution in [3.63, 3.8) is 0 Å². The van der Waals surface area contributed by atoms with Crippen LogP contribution in [0.25, 0.3) is 0 Å². The summed E-state index contributed by atoms with van der Waals surface area (Å²) in [6, 6.07) is -0.644. The predicted molar refractivity (Wildman–Crippen MR) is 65.4 cm³/mol. The number of carbonyl (C=O) groups excluding carboxylic acids is 2. The lowest BCUT2D eigenvalue weighted by atomic mass is 9.89. The molecule has 1 aliphatic carbocycles. The molecule has 0 aromatic carbocycles. The van der Waals surface area contributed by atoms with Crippen molar-refractivity contribution in [1.82, 2.24) is 10.2 Å². The van der Waals surface area contributed by atoms with Crippen molar-refractivity contribution in [3.8, 4) is 0 Å². The second kappa shape index (κ2) is 6.93. The van der Waals surface area contributed by atoms with Crippen molar-refractivity contribution in [2.45, 2.75) is 31.9 Å². The zero-order valence-electron chi connectivity index (χ0n) is 10.8. The molecular formula is C11H19N3O5. The summed E-state index contributed by atoms with van der Waals surface area (Å²) in [6.45, 7) is 1.54. The third kappa shape index (κ3) is 5.12. The van der Waals surface area contributed by atoms with Gasteiger partial charge in [-0.1, -0.05) is 0 Å². The fourth-order valence-electron chi connectivity index (χ4n) is 1.87. The largest absolute Gasteiger partial charge is 0.480 e. The minimum absolute atomic E-state index is 0.0479. The van der Waals surface area contributed by atoms with Crippen molar-refractivity contribution in [2.75, 3.05) is 19.7 Å². The lowest BCUT2D eigenvalue weighted by Gasteiger charge is -2.36. The van der Waals surface area contributed by atoms with E-state index < -0.39 is 31.0 Å². The standard InChI is InChI=1S/C11H19N3O5/c1-2-19-8-3-7(4-8)13-11(18)14(5-9(12)15)6-10(16)17/h7-8H,2-6H2,1H3,(H2,12,15)(H,13,18)(H,16,17). The van der Waals surface area contributed by atoms with Crippen LogP contribution >= 0.6 is 0 Å². The van der Waals surface area contributed by atoms with E-state index in [9.17, 15) is 14.4 Å². The first-order chi connectivity index (χ1) is 8.92. The van der Waals surface area contributed by atoms with E-state index in [0.717, 1.165) is 4.90 Å². The van der Waals surface area contributed by atoms with E-state index in [1.807, 2.05) is 6.92 Å². The molecule has 0 heterocycles. The molecule has 1 aliphatic rings. The normalized spacial score (nSPS) is 21.3. The zero-order chi connectivity index (χ0) is 14.4. The molecule has 0 aromatic rings. The van der Waals surface area contributed by atoms with Crippen LogP contribution in [0, 0.1) is 0 Å². The Hall–Kier alpha value is -1.83. The van der Waals surface area contributed by atoms with Gasteiger partial charge in [0.15, 0.2) is 0 Å². The number of nitrogens with one attached hydrogen (secondary N) is 1. The van der Waals surface area contributed by atoms with Crippen LogP contribution in [0.5, 0.6) is 0 Å². The molecule has 4 N–H and O–H groups in total. The van der Waals surface area contributed by atoms with Crippen LogP contribution in [0.4, 0.5) is 4.79 Å². The minimum atomic E-state index is -1.20. The molecule has 8 heteroatoms. The molecule has 8 nitrogen and oxygen atoms in total. The highest BCUT2D eigenvalue weighted by atomic mass is 16.5. The quantitative estimate of drug-likeness (QED) is 0.557. The lowest BCUT2D eigenvalue weighted by Crippen LogP contribution is -2.54. The molecule has 1 rings (SSSR count). The highest BCUT2D eigenvalue weighted by Crippen LogP contribution is 2.23. The number of rotatable bonds is 7. The monoisotopic (exact) mass is 273 g/mol. The van der Waals surface area contributed by atoms with Gasteiger partial charge in [-0.25, -0.2) is 4.79 Å². The van der Waals surface area contributed by atoms with Crippen LogP contribution < -0.4 is 11.1 Å². The Morgan fingerprint density at radius 3 is 2.47 bits per heavy atom. The predicted octanol–water partition coefficient (Wildman–Crippen LogP) is -0.865. The summed E-state index contributed by atoms with van der Waals surface area (Å²) in [4.78, 5) is 34.1. The summed E-state index contributed by atoms with van der Waals surface area (Å²) in [5.41, 5.74) is 4.97. The number of hydrogen-bond donors (Lipinski definition) is 3. The van der Waals surface area contributed by atoms with E-state index in [0.29, 0.717) is 19.4 Å². The molecule has 19 heavy (non-hydrogen) atoms. The number of carboxylic acid groups (broad SMARTS) is 1. The van der Waals surface area contributed by atoms with Crippen molar-refractivity contribution >= 4 is 17.9 Å². The molecular weight excluding hydrogens is 254 g/mol. The fraction of sp³-hybridized carbons (Fsp3) is 0.727. The summed E-state index contributed by atoms with van der Waals surface area (Å²) >= 11 is 0. The Morgan fingerprint density at radius 1 is 1.37 bits per heavy atom. The molecule has 108 valence electrons. The summed E-state index contributed by atoms with van der Waals surface area (Å²) in [6.07, 6.45) is 1.52. The number of primary amides is 1. The minimum Gasteiger partial charge on any atom is -0.480 e. The van der Waals surface area contributed by atoms with Crippen molar-refractivity contribution < 1.29 is 24.2 Å². The topological polar surface area (TPSA) is 122 Å². The fourth-order valence-corrected chi connectivity index (χ4v) is 1.87. The van der Waals surface area contributed by atoms with Crippen LogP contribution in [0.2, 0.25) is 0 Å². The van der Waals surface area contributed by atoms with Crippen LogP contribution in [0.3, 0.4) is 0 Å². The average Bonchev–Trinajstić information content (AvgIpc) is 2.23. The second-order valence-corrected chi connectivity index (χ2v) is 4.41. The number of hydrogen-bond acceptors (Lipinski definition) is 4. The third-order valence-corrected chi connectivity index (χ3v) is 2.78. The summed E-state index contributed by atoms with van der Waals surface area (Å²) in [5.74, 6) is -1.95. The highest BCUT2D eigenvalue weighted by Gasteiger charge is 2.32. The molecule has 0 atom stereocenters. The van der Waals surface area contributed by atoms with Crippen molar-refractivity contribution in [1.29, 1.82) is 0 Å². The second-order valence-electron chi connectivity index (χ2n) is 4.41. The number of aliphatic carboxylic acids is 1. The molecule has 0 radical (unpaired) electrons. The van der Waals surface area contributed by atoms with Gasteiger partial charge in [0.05, 0.1) is 6.10 Å². The van der Waals surface area contributed by atoms with Gasteiger partial charge < -0.3 is 25.8 Å². The van der Waals surface area contributed by atoms with E-state index in [2.05, 4.69) is 5.32 Å². The van der Waals surface area contributed by atoms with Crippen LogP contribution in [0.15, 0.2) is 0 Å². The van der Waals surface area contributed by atoms with Crippen LogP contribution in [0.1, 0.15) is 19.8 Å². The van der Waals surface area contributed by atoms with Gasteiger partial charge in [0.1, 0.15) is 13.1 Å². The maximum absolute atomic E-state index is 11.8. The molecule has 0 spiro atoms. The Bertz CT molecular complexity index is 338. The maximum Gasteiger partial charge on any atom is 0.323 e. The Morgan fingerprint density at radius 2 is 2.00 bits per heavy atom. The van der Waals surface area contributed by atoms with Gasteiger partial charge in [0.25, 0.3) is 0 Å². The Labute approximate surface area is 110 Å². The van der Waals surface area contributed by atoms with Crippen LogP contribution in [-0.2, 0) is 14.3 Å². The molecule has 0 saturated heterocycles. The molecule has 3 amide bonds. The van der Waals surface area contributed by atoms with E-state index >= 15 is 0 Å². The number of carboxylic acids is 1. The highest BCUT2D eigenvalue weighted by molar-refractivity contribution is 5.86. The summed E-state index contributed by atoms with van der Waals surface area (Å²) < 4.78 is 5.35. The summed E-state index contributed by atoms with van der Waals surface area (Å²) in [5, 5.41) is 11.3. The number of ether oxygens (including phenoxy) is 1. The number of nitrogens with zero attached hydrogens (tertiary/aromatic N) is 1. The van der Waals surface area contributed by atoms with E-state index in [1.165, 1.54) is 0 Å². The first kappa shape index (κ1) is 15.2. The van der Waals surface area contributed by atoms with Gasteiger partial charge in [-0.2, -0.15) is 0 Å². The Kier molecular flexibility index (Phi) is 5.56. The van der Waals surface area contributed by atoms with Gasteiger partial charge in [0.2, 0.25) is 5.91 Å². The first-order valence-corrected chi connectivity index (χ1v) is 6.09. The smallest absolute Gasteiger partial charge is 0.323 e. The van der Waals surface area contributed by atoms with Gasteiger partial charge in [0, 0.05) is 12.6 Å². The Balaban J connectivity index is 2.40. The number of urea groups is 1. The van der Waals surface area contributed by atoms with E-state index in [4.69, 9.17) is 15.6 Å². The van der Waals surface area contributed by atoms with Crippen LogP contribution in [-0.4, -0.2) is 59.8 Å². The molecule has 1 fully saturated rings. The molecule has 0 aromatic heterocycles. The van der Waals surface area contributed by atoms with Crippen molar-refractivity contribution in [2.24, 2.45) is 5.73 Å². The van der Waals surface area contributed by atoms with E-state index in [1.54, 1.807) is 0 Å². The third-order valence-electron chi connectivity index (χ3n) is 2.78.